The third-order valence-corrected chi connectivity index (χ3v) is 5.44. The molecule has 0 radical (unpaired) electrons. The zero-order valence-corrected chi connectivity index (χ0v) is 15.8. The fourth-order valence-electron chi connectivity index (χ4n) is 3.87. The van der Waals surface area contributed by atoms with E-state index in [1.807, 2.05) is 12.3 Å². The molecule has 2 aromatic carbocycles. The van der Waals surface area contributed by atoms with Gasteiger partial charge in [0.15, 0.2) is 0 Å². The van der Waals surface area contributed by atoms with Gasteiger partial charge >= 0.3 is 0 Å². The van der Waals surface area contributed by atoms with Gasteiger partial charge < -0.3 is 9.61 Å². The first-order chi connectivity index (χ1) is 13.2. The monoisotopic (exact) mass is 357 g/mol. The van der Waals surface area contributed by atoms with Crippen LogP contribution in [0.25, 0.3) is 21.9 Å². The molecule has 3 aromatic rings. The summed E-state index contributed by atoms with van der Waals surface area (Å²) in [5, 5.41) is 2.49. The normalized spacial score (nSPS) is 15.7. The number of pyridine rings is 1. The second kappa shape index (κ2) is 8.03. The van der Waals surface area contributed by atoms with Crippen LogP contribution in [0.1, 0.15) is 11.3 Å². The quantitative estimate of drug-likeness (QED) is 0.520. The van der Waals surface area contributed by atoms with Crippen molar-refractivity contribution in [2.75, 3.05) is 26.2 Å². The maximum absolute atomic E-state index is 10.7. The number of nitrogens with zero attached hydrogens (tertiary/aromatic N) is 3. The minimum absolute atomic E-state index is 0.552. The molecule has 27 heavy (non-hydrogen) atoms. The minimum Gasteiger partial charge on any atom is -0.336 e. The zero-order valence-electron chi connectivity index (χ0n) is 15.8. The van der Waals surface area contributed by atoms with Gasteiger partial charge in [-0.2, -0.15) is 0 Å². The first-order valence-corrected chi connectivity index (χ1v) is 9.56. The van der Waals surface area contributed by atoms with Crippen molar-refractivity contribution in [1.29, 1.82) is 0 Å². The molecule has 0 bridgehead atoms. The van der Waals surface area contributed by atoms with Crippen LogP contribution in [0, 0.1) is 6.92 Å². The van der Waals surface area contributed by atoms with E-state index in [0.717, 1.165) is 44.6 Å². The standard InChI is InChI=1S/C22H24BN3O/c1-17-20-8-7-18(15-25-9-11-26(12-10-25)23-16-27)13-21(20)22(14-24-17)19-5-3-2-4-6-19/h2-8,13-14,16,23H,9-12,15H2,1H3. The Morgan fingerprint density at radius 3 is 2.56 bits per heavy atom. The Bertz CT molecular complexity index is 937. The first-order valence-electron chi connectivity index (χ1n) is 9.56. The third-order valence-electron chi connectivity index (χ3n) is 5.44. The van der Waals surface area contributed by atoms with Crippen LogP contribution < -0.4 is 0 Å². The van der Waals surface area contributed by atoms with Gasteiger partial charge in [-0.1, -0.05) is 42.5 Å². The number of carbonyl (C=O) groups excluding carboxylic acids is 1. The van der Waals surface area contributed by atoms with Gasteiger partial charge in [0, 0.05) is 55.6 Å². The van der Waals surface area contributed by atoms with Crippen molar-refractivity contribution in [3.05, 3.63) is 66.0 Å². The SMILES string of the molecule is Cc1ncc(-c2ccccc2)c2cc(CN3CCN(BC=O)CC3)ccc12. The van der Waals surface area contributed by atoms with E-state index in [9.17, 15) is 4.79 Å². The summed E-state index contributed by atoms with van der Waals surface area (Å²) >= 11 is 0. The Kier molecular flexibility index (Phi) is 5.32. The summed E-state index contributed by atoms with van der Waals surface area (Å²) in [6, 6.07) is 17.2. The van der Waals surface area contributed by atoms with E-state index in [0.29, 0.717) is 7.41 Å². The molecule has 0 spiro atoms. The number of piperazine rings is 1. The summed E-state index contributed by atoms with van der Waals surface area (Å²) in [6.07, 6.45) is 3.00. The van der Waals surface area contributed by atoms with Gasteiger partial charge in [0.25, 0.3) is 7.41 Å². The Hall–Kier alpha value is -2.50. The van der Waals surface area contributed by atoms with Crippen molar-refractivity contribution < 1.29 is 4.79 Å². The van der Waals surface area contributed by atoms with E-state index < -0.39 is 0 Å². The second-order valence-corrected chi connectivity index (χ2v) is 7.25. The van der Waals surface area contributed by atoms with E-state index in [1.165, 1.54) is 27.5 Å². The minimum atomic E-state index is 0.552. The predicted octanol–water partition coefficient (Wildman–Crippen LogP) is 2.87. The number of rotatable bonds is 5. The summed E-state index contributed by atoms with van der Waals surface area (Å²) in [5.74, 6) is 0. The van der Waals surface area contributed by atoms with Gasteiger partial charge in [-0.3, -0.25) is 9.88 Å². The van der Waals surface area contributed by atoms with Crippen LogP contribution in [0.2, 0.25) is 0 Å². The van der Waals surface area contributed by atoms with Gasteiger partial charge in [0.1, 0.15) is 0 Å². The molecule has 0 saturated carbocycles. The molecule has 2 heterocycles. The van der Waals surface area contributed by atoms with Crippen LogP contribution in [0.15, 0.2) is 54.7 Å². The van der Waals surface area contributed by atoms with Crippen LogP contribution in [0.5, 0.6) is 0 Å². The molecule has 1 saturated heterocycles. The number of aromatic nitrogens is 1. The van der Waals surface area contributed by atoms with Gasteiger partial charge in [-0.25, -0.2) is 0 Å². The molecule has 0 aliphatic carbocycles. The number of aryl methyl sites for hydroxylation is 1. The Morgan fingerprint density at radius 1 is 1.04 bits per heavy atom. The Labute approximate surface area is 161 Å². The Balaban J connectivity index is 1.61. The number of carbonyl (C=O) groups is 1. The van der Waals surface area contributed by atoms with E-state index >= 15 is 0 Å². The molecule has 0 unspecified atom stereocenters. The summed E-state index contributed by atoms with van der Waals surface area (Å²) in [6.45, 7) is 6.96. The highest BCUT2D eigenvalue weighted by molar-refractivity contribution is 6.64. The van der Waals surface area contributed by atoms with Crippen LogP contribution in [-0.4, -0.2) is 54.5 Å². The molecule has 1 fully saturated rings. The lowest BCUT2D eigenvalue weighted by molar-refractivity contribution is 0.183. The molecule has 4 nitrogen and oxygen atoms in total. The second-order valence-electron chi connectivity index (χ2n) is 7.25. The van der Waals surface area contributed by atoms with Crippen molar-refractivity contribution in [3.63, 3.8) is 0 Å². The molecule has 5 heteroatoms. The van der Waals surface area contributed by atoms with E-state index in [2.05, 4.69) is 64.1 Å². The van der Waals surface area contributed by atoms with Crippen LogP contribution in [-0.2, 0) is 11.3 Å². The highest BCUT2D eigenvalue weighted by atomic mass is 16.1. The summed E-state index contributed by atoms with van der Waals surface area (Å²) in [5.41, 5.74) is 4.79. The third kappa shape index (κ3) is 3.94. The number of hydrogen-bond acceptors (Lipinski definition) is 4. The molecule has 1 aromatic heterocycles. The molecule has 0 amide bonds. The number of benzene rings is 2. The molecule has 136 valence electrons. The molecule has 1 aliphatic rings. The zero-order chi connectivity index (χ0) is 18.6. The lowest BCUT2D eigenvalue weighted by Gasteiger charge is -2.33. The van der Waals surface area contributed by atoms with E-state index in [4.69, 9.17) is 0 Å². The molecule has 0 N–H and O–H groups in total. The fourth-order valence-corrected chi connectivity index (χ4v) is 3.87. The van der Waals surface area contributed by atoms with Crippen molar-refractivity contribution in [2.45, 2.75) is 13.5 Å². The first kappa shape index (κ1) is 17.9. The van der Waals surface area contributed by atoms with Gasteiger partial charge in [0.05, 0.1) is 6.19 Å². The Morgan fingerprint density at radius 2 is 1.81 bits per heavy atom. The average Bonchev–Trinajstić information content (AvgIpc) is 2.71. The predicted molar refractivity (Wildman–Crippen MR) is 113 cm³/mol. The molecule has 1 aliphatic heterocycles. The lowest BCUT2D eigenvalue weighted by Crippen LogP contribution is -2.47. The van der Waals surface area contributed by atoms with Gasteiger partial charge in [0.2, 0.25) is 0 Å². The topological polar surface area (TPSA) is 36.4 Å². The van der Waals surface area contributed by atoms with Crippen molar-refractivity contribution >= 4 is 24.4 Å². The van der Waals surface area contributed by atoms with Crippen LogP contribution >= 0.6 is 0 Å². The van der Waals surface area contributed by atoms with Crippen molar-refractivity contribution in [3.8, 4) is 11.1 Å². The van der Waals surface area contributed by atoms with Gasteiger partial charge in [-0.05, 0) is 29.5 Å². The number of fused-ring (bicyclic) bond motifs is 1. The molecule has 4 rings (SSSR count). The fraction of sp³-hybridized carbons (Fsp3) is 0.273. The highest BCUT2D eigenvalue weighted by Crippen LogP contribution is 2.30. The summed E-state index contributed by atoms with van der Waals surface area (Å²) in [4.78, 5) is 20.0. The van der Waals surface area contributed by atoms with Crippen molar-refractivity contribution in [2.24, 2.45) is 0 Å². The highest BCUT2D eigenvalue weighted by Gasteiger charge is 2.17. The molecular formula is C22H24BN3O. The van der Waals surface area contributed by atoms with Crippen LogP contribution in [0.4, 0.5) is 0 Å². The average molecular weight is 357 g/mol. The molecular weight excluding hydrogens is 333 g/mol. The molecule has 0 atom stereocenters. The summed E-state index contributed by atoms with van der Waals surface area (Å²) in [7, 11) is 0.552. The maximum atomic E-state index is 10.7. The van der Waals surface area contributed by atoms with E-state index in [-0.39, 0.29) is 0 Å². The summed E-state index contributed by atoms with van der Waals surface area (Å²) < 4.78 is 0. The van der Waals surface area contributed by atoms with E-state index in [1.54, 1.807) is 0 Å². The van der Waals surface area contributed by atoms with Gasteiger partial charge in [-0.15, -0.1) is 0 Å². The number of hydrogen-bond donors (Lipinski definition) is 0. The smallest absolute Gasteiger partial charge is 0.281 e. The maximum Gasteiger partial charge on any atom is 0.281 e. The van der Waals surface area contributed by atoms with Crippen LogP contribution in [0.3, 0.4) is 0 Å². The van der Waals surface area contributed by atoms with Crippen molar-refractivity contribution in [1.82, 2.24) is 14.7 Å². The largest absolute Gasteiger partial charge is 0.336 e. The lowest BCUT2D eigenvalue weighted by atomic mass is 9.93.